The molecule has 0 fully saturated rings. The number of aromatic carboxylic acids is 1. The number of carboxylic acids is 1. The Kier molecular flexibility index (Phi) is 3.30. The van der Waals surface area contributed by atoms with E-state index in [4.69, 9.17) is 10.3 Å². The van der Waals surface area contributed by atoms with Crippen molar-refractivity contribution in [1.82, 2.24) is 0 Å². The van der Waals surface area contributed by atoms with Crippen molar-refractivity contribution in [3.05, 3.63) is 53.6 Å². The van der Waals surface area contributed by atoms with Crippen molar-refractivity contribution in [3.8, 4) is 11.1 Å². The predicted molar refractivity (Wildman–Crippen MR) is 69.0 cm³/mol. The molecule has 0 unspecified atom stereocenters. The highest BCUT2D eigenvalue weighted by atomic mass is 16.5. The van der Waals surface area contributed by atoms with Gasteiger partial charge in [-0.1, -0.05) is 18.2 Å². The summed E-state index contributed by atoms with van der Waals surface area (Å²) in [7, 11) is 0. The molecule has 0 heterocycles. The highest BCUT2D eigenvalue weighted by Gasteiger charge is 2.07. The largest absolute Gasteiger partial charge is 0.478 e. The Bertz CT molecular complexity index is 593. The van der Waals surface area contributed by atoms with E-state index in [1.54, 1.807) is 30.3 Å². The standard InChI is InChI=1S/C14H13NO3/c1-9-7-11(14(16)17)5-6-13(9)10-3-2-4-12(8-10)15-18/h2-8,15,18H,1H3,(H,16,17). The first-order valence-electron chi connectivity index (χ1n) is 5.46. The molecule has 0 aliphatic carbocycles. The molecule has 0 spiro atoms. The van der Waals surface area contributed by atoms with Crippen molar-refractivity contribution >= 4 is 11.7 Å². The summed E-state index contributed by atoms with van der Waals surface area (Å²) in [6.07, 6.45) is 0. The van der Waals surface area contributed by atoms with E-state index < -0.39 is 5.97 Å². The van der Waals surface area contributed by atoms with Gasteiger partial charge in [0, 0.05) is 0 Å². The zero-order valence-electron chi connectivity index (χ0n) is 9.84. The maximum absolute atomic E-state index is 10.9. The molecule has 0 radical (unpaired) electrons. The first-order chi connectivity index (χ1) is 8.61. The van der Waals surface area contributed by atoms with Gasteiger partial charge >= 0.3 is 5.97 Å². The normalized spacial score (nSPS) is 10.1. The van der Waals surface area contributed by atoms with Crippen molar-refractivity contribution in [2.24, 2.45) is 0 Å². The topological polar surface area (TPSA) is 69.6 Å². The zero-order valence-corrected chi connectivity index (χ0v) is 9.84. The van der Waals surface area contributed by atoms with Crippen LogP contribution in [-0.4, -0.2) is 16.3 Å². The molecular formula is C14H13NO3. The van der Waals surface area contributed by atoms with E-state index in [2.05, 4.69) is 5.48 Å². The monoisotopic (exact) mass is 243 g/mol. The molecule has 0 bridgehead atoms. The van der Waals surface area contributed by atoms with Crippen LogP contribution in [0.4, 0.5) is 5.69 Å². The van der Waals surface area contributed by atoms with Crippen LogP contribution in [0.3, 0.4) is 0 Å². The number of anilines is 1. The number of carbonyl (C=O) groups is 1. The summed E-state index contributed by atoms with van der Waals surface area (Å²) in [4.78, 5) is 10.9. The lowest BCUT2D eigenvalue weighted by molar-refractivity contribution is 0.0697. The van der Waals surface area contributed by atoms with Crippen LogP contribution in [-0.2, 0) is 0 Å². The van der Waals surface area contributed by atoms with Gasteiger partial charge in [-0.15, -0.1) is 0 Å². The van der Waals surface area contributed by atoms with E-state index in [-0.39, 0.29) is 5.56 Å². The fourth-order valence-corrected chi connectivity index (χ4v) is 1.88. The molecule has 0 saturated heterocycles. The molecule has 4 heteroatoms. The van der Waals surface area contributed by atoms with Crippen LogP contribution < -0.4 is 5.48 Å². The Morgan fingerprint density at radius 1 is 1.17 bits per heavy atom. The number of rotatable bonds is 3. The third-order valence-electron chi connectivity index (χ3n) is 2.78. The first-order valence-corrected chi connectivity index (χ1v) is 5.46. The number of nitrogens with one attached hydrogen (secondary N) is 1. The summed E-state index contributed by atoms with van der Waals surface area (Å²) < 4.78 is 0. The van der Waals surface area contributed by atoms with E-state index in [9.17, 15) is 4.79 Å². The molecule has 0 aliphatic heterocycles. The van der Waals surface area contributed by atoms with Crippen molar-refractivity contribution in [1.29, 1.82) is 0 Å². The first kappa shape index (κ1) is 12.1. The molecule has 0 aliphatic rings. The third kappa shape index (κ3) is 2.33. The van der Waals surface area contributed by atoms with Crippen molar-refractivity contribution in [2.75, 3.05) is 5.48 Å². The van der Waals surface area contributed by atoms with Gasteiger partial charge in [-0.3, -0.25) is 10.7 Å². The van der Waals surface area contributed by atoms with Gasteiger partial charge in [-0.05, 0) is 47.9 Å². The minimum Gasteiger partial charge on any atom is -0.478 e. The van der Waals surface area contributed by atoms with Gasteiger partial charge in [0.1, 0.15) is 0 Å². The Labute approximate surface area is 104 Å². The van der Waals surface area contributed by atoms with E-state index in [1.165, 1.54) is 0 Å². The third-order valence-corrected chi connectivity index (χ3v) is 2.78. The van der Waals surface area contributed by atoms with E-state index in [1.807, 2.05) is 19.1 Å². The molecule has 2 rings (SSSR count). The Morgan fingerprint density at radius 2 is 1.94 bits per heavy atom. The number of hydrogen-bond donors (Lipinski definition) is 3. The lowest BCUT2D eigenvalue weighted by Gasteiger charge is -2.08. The molecule has 18 heavy (non-hydrogen) atoms. The Hall–Kier alpha value is -2.33. The summed E-state index contributed by atoms with van der Waals surface area (Å²) in [5.41, 5.74) is 5.70. The second-order valence-electron chi connectivity index (χ2n) is 4.03. The van der Waals surface area contributed by atoms with Crippen molar-refractivity contribution in [2.45, 2.75) is 6.92 Å². The molecule has 0 aromatic heterocycles. The SMILES string of the molecule is Cc1cc(C(=O)O)ccc1-c1cccc(NO)c1. The van der Waals surface area contributed by atoms with Gasteiger partial charge in [0.05, 0.1) is 11.3 Å². The van der Waals surface area contributed by atoms with E-state index in [0.29, 0.717) is 5.69 Å². The molecule has 2 aromatic rings. The second kappa shape index (κ2) is 4.89. The molecule has 92 valence electrons. The van der Waals surface area contributed by atoms with Gasteiger partial charge in [-0.2, -0.15) is 0 Å². The number of hydrogen-bond acceptors (Lipinski definition) is 3. The van der Waals surface area contributed by atoms with Crippen LogP contribution in [0, 0.1) is 6.92 Å². The zero-order chi connectivity index (χ0) is 13.1. The van der Waals surface area contributed by atoms with Gasteiger partial charge < -0.3 is 5.11 Å². The van der Waals surface area contributed by atoms with Crippen LogP contribution in [0.1, 0.15) is 15.9 Å². The van der Waals surface area contributed by atoms with Gasteiger partial charge in [0.25, 0.3) is 0 Å². The van der Waals surface area contributed by atoms with E-state index >= 15 is 0 Å². The second-order valence-corrected chi connectivity index (χ2v) is 4.03. The molecule has 3 N–H and O–H groups in total. The maximum Gasteiger partial charge on any atom is 0.335 e. The summed E-state index contributed by atoms with van der Waals surface area (Å²) in [6.45, 7) is 1.86. The Morgan fingerprint density at radius 3 is 2.56 bits per heavy atom. The smallest absolute Gasteiger partial charge is 0.335 e. The van der Waals surface area contributed by atoms with Crippen LogP contribution >= 0.6 is 0 Å². The minimum atomic E-state index is -0.935. The molecule has 0 atom stereocenters. The van der Waals surface area contributed by atoms with Crippen LogP contribution in [0.25, 0.3) is 11.1 Å². The number of benzene rings is 2. The fraction of sp³-hybridized carbons (Fsp3) is 0.0714. The van der Waals surface area contributed by atoms with Crippen LogP contribution in [0.2, 0.25) is 0 Å². The summed E-state index contributed by atoms with van der Waals surface area (Å²) >= 11 is 0. The maximum atomic E-state index is 10.9. The lowest BCUT2D eigenvalue weighted by atomic mass is 9.98. The minimum absolute atomic E-state index is 0.271. The summed E-state index contributed by atoms with van der Waals surface area (Å²) in [6, 6.07) is 12.2. The molecule has 0 saturated carbocycles. The average molecular weight is 243 g/mol. The van der Waals surface area contributed by atoms with Gasteiger partial charge in [0.15, 0.2) is 0 Å². The molecule has 2 aromatic carbocycles. The molecular weight excluding hydrogens is 230 g/mol. The average Bonchev–Trinajstić information content (AvgIpc) is 2.38. The quantitative estimate of drug-likeness (QED) is 0.724. The molecule has 4 nitrogen and oxygen atoms in total. The Balaban J connectivity index is 2.47. The highest BCUT2D eigenvalue weighted by molar-refractivity contribution is 5.89. The van der Waals surface area contributed by atoms with Crippen molar-refractivity contribution < 1.29 is 15.1 Å². The van der Waals surface area contributed by atoms with E-state index in [0.717, 1.165) is 16.7 Å². The fourth-order valence-electron chi connectivity index (χ4n) is 1.88. The van der Waals surface area contributed by atoms with Gasteiger partial charge in [-0.25, -0.2) is 4.79 Å². The predicted octanol–water partition coefficient (Wildman–Crippen LogP) is 3.16. The number of carboxylic acid groups (broad SMARTS) is 1. The van der Waals surface area contributed by atoms with Crippen LogP contribution in [0.5, 0.6) is 0 Å². The molecule has 0 amide bonds. The van der Waals surface area contributed by atoms with Gasteiger partial charge in [0.2, 0.25) is 0 Å². The lowest BCUT2D eigenvalue weighted by Crippen LogP contribution is -1.97. The van der Waals surface area contributed by atoms with Crippen molar-refractivity contribution in [3.63, 3.8) is 0 Å². The summed E-state index contributed by atoms with van der Waals surface area (Å²) in [5, 5.41) is 17.8. The van der Waals surface area contributed by atoms with Crippen LogP contribution in [0.15, 0.2) is 42.5 Å². The highest BCUT2D eigenvalue weighted by Crippen LogP contribution is 2.26. The number of aryl methyl sites for hydroxylation is 1. The summed E-state index contributed by atoms with van der Waals surface area (Å²) in [5.74, 6) is -0.935.